The zero-order valence-electron chi connectivity index (χ0n) is 14.4. The third kappa shape index (κ3) is 3.22. The van der Waals surface area contributed by atoms with Crippen LogP contribution in [0.4, 0.5) is 0 Å². The minimum absolute atomic E-state index is 0.0487. The third-order valence-electron chi connectivity index (χ3n) is 4.77. The first kappa shape index (κ1) is 16.7. The largest absolute Gasteiger partial charge is 0.375 e. The maximum absolute atomic E-state index is 12.9. The summed E-state index contributed by atoms with van der Waals surface area (Å²) in [6.45, 7) is 6.68. The Bertz CT molecular complexity index is 670. The quantitative estimate of drug-likeness (QED) is 0.838. The molecule has 2 heterocycles. The normalized spacial score (nSPS) is 26.2. The van der Waals surface area contributed by atoms with Gasteiger partial charge in [0, 0.05) is 19.7 Å². The molecule has 5 heteroatoms. The van der Waals surface area contributed by atoms with Crippen LogP contribution in [-0.2, 0) is 14.3 Å². The van der Waals surface area contributed by atoms with Gasteiger partial charge in [0.05, 0.1) is 31.2 Å². The Morgan fingerprint density at radius 2 is 2.00 bits per heavy atom. The second kappa shape index (κ2) is 6.77. The highest BCUT2D eigenvalue weighted by Gasteiger charge is 2.33. The highest BCUT2D eigenvalue weighted by Crippen LogP contribution is 2.33. The number of benzene rings is 1. The minimum atomic E-state index is -0.249. The van der Waals surface area contributed by atoms with Crippen LogP contribution in [-0.4, -0.2) is 46.9 Å². The van der Waals surface area contributed by atoms with Crippen molar-refractivity contribution < 1.29 is 14.3 Å². The Balaban J connectivity index is 1.84. The number of nitrogens with zero attached hydrogens (tertiary/aromatic N) is 2. The number of carbonyl (C=O) groups excluding carboxylic acids is 2. The monoisotopic (exact) mass is 328 g/mol. The van der Waals surface area contributed by atoms with Gasteiger partial charge >= 0.3 is 0 Å². The van der Waals surface area contributed by atoms with Crippen molar-refractivity contribution in [3.63, 3.8) is 0 Å². The number of morpholine rings is 1. The summed E-state index contributed by atoms with van der Waals surface area (Å²) in [7, 11) is 0. The summed E-state index contributed by atoms with van der Waals surface area (Å²) in [5.74, 6) is 0.0148. The van der Waals surface area contributed by atoms with Crippen LogP contribution in [0.2, 0.25) is 0 Å². The van der Waals surface area contributed by atoms with Crippen LogP contribution in [0.15, 0.2) is 30.5 Å². The molecule has 0 spiro atoms. The summed E-state index contributed by atoms with van der Waals surface area (Å²) in [4.78, 5) is 28.5. The zero-order valence-corrected chi connectivity index (χ0v) is 14.4. The second-order valence-electron chi connectivity index (χ2n) is 6.63. The van der Waals surface area contributed by atoms with Crippen LogP contribution in [0, 0.1) is 0 Å². The molecule has 1 aromatic carbocycles. The van der Waals surface area contributed by atoms with Crippen molar-refractivity contribution in [1.82, 2.24) is 9.80 Å². The molecular formula is C19H24N2O3. The molecule has 2 aliphatic rings. The van der Waals surface area contributed by atoms with E-state index in [0.29, 0.717) is 13.2 Å². The molecule has 0 aliphatic carbocycles. The van der Waals surface area contributed by atoms with E-state index in [-0.39, 0.29) is 36.4 Å². The second-order valence-corrected chi connectivity index (χ2v) is 6.63. The summed E-state index contributed by atoms with van der Waals surface area (Å²) in [5.41, 5.74) is 2.09. The number of fused-ring (bicyclic) bond motifs is 1. The SMILES string of the molecule is CC(=O)N1C=Cc2ccccc2C1CC(=O)N1CC(C)OCC1C. The van der Waals surface area contributed by atoms with E-state index < -0.39 is 0 Å². The first-order valence-electron chi connectivity index (χ1n) is 8.44. The van der Waals surface area contributed by atoms with Crippen molar-refractivity contribution in [2.45, 2.75) is 45.4 Å². The van der Waals surface area contributed by atoms with E-state index in [4.69, 9.17) is 4.74 Å². The predicted molar refractivity (Wildman–Crippen MR) is 91.9 cm³/mol. The molecule has 0 radical (unpaired) electrons. The number of rotatable bonds is 2. The molecule has 3 atom stereocenters. The van der Waals surface area contributed by atoms with Crippen LogP contribution in [0.3, 0.4) is 0 Å². The van der Waals surface area contributed by atoms with Crippen LogP contribution in [0.25, 0.3) is 6.08 Å². The average molecular weight is 328 g/mol. The summed E-state index contributed by atoms with van der Waals surface area (Å²) in [6, 6.07) is 7.75. The lowest BCUT2D eigenvalue weighted by Crippen LogP contribution is -2.51. The first-order chi connectivity index (χ1) is 11.5. The van der Waals surface area contributed by atoms with Gasteiger partial charge in [0.2, 0.25) is 11.8 Å². The summed E-state index contributed by atoms with van der Waals surface area (Å²) in [6.07, 6.45) is 4.05. The van der Waals surface area contributed by atoms with E-state index in [9.17, 15) is 9.59 Å². The van der Waals surface area contributed by atoms with E-state index in [1.54, 1.807) is 11.1 Å². The first-order valence-corrected chi connectivity index (χ1v) is 8.44. The lowest BCUT2D eigenvalue weighted by atomic mass is 9.93. The Labute approximate surface area is 142 Å². The molecule has 1 saturated heterocycles. The molecule has 128 valence electrons. The van der Waals surface area contributed by atoms with E-state index in [0.717, 1.165) is 11.1 Å². The standard InChI is InChI=1S/C19H24N2O3/c1-13-12-24-14(2)11-21(13)19(23)10-18-17-7-5-4-6-16(17)8-9-20(18)15(3)22/h4-9,13-14,18H,10-12H2,1-3H3. The molecule has 0 aromatic heterocycles. The maximum Gasteiger partial charge on any atom is 0.225 e. The van der Waals surface area contributed by atoms with Gasteiger partial charge in [-0.15, -0.1) is 0 Å². The average Bonchev–Trinajstić information content (AvgIpc) is 2.57. The Kier molecular flexibility index (Phi) is 4.71. The van der Waals surface area contributed by atoms with E-state index >= 15 is 0 Å². The van der Waals surface area contributed by atoms with Crippen LogP contribution in [0.1, 0.15) is 44.4 Å². The van der Waals surface area contributed by atoms with Gasteiger partial charge in [-0.05, 0) is 31.1 Å². The van der Waals surface area contributed by atoms with Crippen molar-refractivity contribution in [3.05, 3.63) is 41.6 Å². The zero-order chi connectivity index (χ0) is 17.3. The lowest BCUT2D eigenvalue weighted by Gasteiger charge is -2.39. The predicted octanol–water partition coefficient (Wildman–Crippen LogP) is 2.59. The number of carbonyl (C=O) groups is 2. The van der Waals surface area contributed by atoms with E-state index in [1.165, 1.54) is 6.92 Å². The van der Waals surface area contributed by atoms with Crippen LogP contribution >= 0.6 is 0 Å². The molecule has 0 saturated carbocycles. The molecule has 3 rings (SSSR count). The van der Waals surface area contributed by atoms with Crippen molar-refractivity contribution in [2.75, 3.05) is 13.2 Å². The Morgan fingerprint density at radius 3 is 2.75 bits per heavy atom. The topological polar surface area (TPSA) is 49.9 Å². The van der Waals surface area contributed by atoms with Gasteiger partial charge in [-0.25, -0.2) is 0 Å². The van der Waals surface area contributed by atoms with Gasteiger partial charge in [-0.2, -0.15) is 0 Å². The molecule has 3 unspecified atom stereocenters. The summed E-state index contributed by atoms with van der Waals surface area (Å²) >= 11 is 0. The fourth-order valence-corrected chi connectivity index (χ4v) is 3.45. The van der Waals surface area contributed by atoms with Gasteiger partial charge in [-0.3, -0.25) is 9.59 Å². The molecule has 1 fully saturated rings. The molecule has 0 bridgehead atoms. The van der Waals surface area contributed by atoms with Gasteiger partial charge in [0.15, 0.2) is 0 Å². The maximum atomic E-state index is 12.9. The van der Waals surface area contributed by atoms with Gasteiger partial charge in [-0.1, -0.05) is 24.3 Å². The van der Waals surface area contributed by atoms with Crippen LogP contribution < -0.4 is 0 Å². The van der Waals surface area contributed by atoms with Crippen molar-refractivity contribution in [1.29, 1.82) is 0 Å². The van der Waals surface area contributed by atoms with Crippen molar-refractivity contribution in [2.24, 2.45) is 0 Å². The van der Waals surface area contributed by atoms with Crippen molar-refractivity contribution >= 4 is 17.9 Å². The van der Waals surface area contributed by atoms with E-state index in [2.05, 4.69) is 0 Å². The summed E-state index contributed by atoms with van der Waals surface area (Å²) in [5, 5.41) is 0. The minimum Gasteiger partial charge on any atom is -0.375 e. The fraction of sp³-hybridized carbons (Fsp3) is 0.474. The molecule has 0 N–H and O–H groups in total. The van der Waals surface area contributed by atoms with Gasteiger partial charge in [0.25, 0.3) is 0 Å². The fourth-order valence-electron chi connectivity index (χ4n) is 3.45. The highest BCUT2D eigenvalue weighted by atomic mass is 16.5. The molecule has 24 heavy (non-hydrogen) atoms. The molecular weight excluding hydrogens is 304 g/mol. The highest BCUT2D eigenvalue weighted by molar-refractivity contribution is 5.82. The smallest absolute Gasteiger partial charge is 0.225 e. The molecule has 2 aliphatic heterocycles. The van der Waals surface area contributed by atoms with Gasteiger partial charge < -0.3 is 14.5 Å². The molecule has 5 nitrogen and oxygen atoms in total. The number of hydrogen-bond donors (Lipinski definition) is 0. The van der Waals surface area contributed by atoms with E-state index in [1.807, 2.05) is 49.1 Å². The van der Waals surface area contributed by atoms with Crippen molar-refractivity contribution in [3.8, 4) is 0 Å². The molecule has 2 amide bonds. The Morgan fingerprint density at radius 1 is 1.25 bits per heavy atom. The molecule has 1 aromatic rings. The van der Waals surface area contributed by atoms with Crippen LogP contribution in [0.5, 0.6) is 0 Å². The summed E-state index contributed by atoms with van der Waals surface area (Å²) < 4.78 is 5.61. The van der Waals surface area contributed by atoms with Gasteiger partial charge in [0.1, 0.15) is 0 Å². The number of hydrogen-bond acceptors (Lipinski definition) is 3. The lowest BCUT2D eigenvalue weighted by molar-refractivity contribution is -0.145. The number of ether oxygens (including phenoxy) is 1. The number of amides is 2. The Hall–Kier alpha value is -2.14. The third-order valence-corrected chi connectivity index (χ3v) is 4.77.